The normalized spacial score (nSPS) is 12.2. The Morgan fingerprint density at radius 1 is 1.26 bits per heavy atom. The van der Waals surface area contributed by atoms with E-state index in [1.807, 2.05) is 36.4 Å². The highest BCUT2D eigenvalue weighted by Gasteiger charge is 2.20. The molecule has 1 aromatic carbocycles. The summed E-state index contributed by atoms with van der Waals surface area (Å²) in [6.07, 6.45) is 1.75. The molecule has 0 spiro atoms. The summed E-state index contributed by atoms with van der Waals surface area (Å²) in [5.74, 6) is 0.829. The van der Waals surface area contributed by atoms with E-state index in [0.29, 0.717) is 5.02 Å². The van der Waals surface area contributed by atoms with Gasteiger partial charge in [0.05, 0.1) is 23.9 Å². The van der Waals surface area contributed by atoms with E-state index in [4.69, 9.17) is 16.3 Å². The molecule has 2 rings (SSSR count). The number of nitrogens with one attached hydrogen (secondary N) is 1. The zero-order chi connectivity index (χ0) is 13.7. The highest BCUT2D eigenvalue weighted by molar-refractivity contribution is 6.31. The number of hydrogen-bond acceptors (Lipinski definition) is 3. The number of rotatable bonds is 5. The molecule has 0 bridgehead atoms. The molecule has 100 valence electrons. The van der Waals surface area contributed by atoms with Crippen molar-refractivity contribution in [1.82, 2.24) is 10.3 Å². The van der Waals surface area contributed by atoms with Crippen LogP contribution in [0.4, 0.5) is 0 Å². The summed E-state index contributed by atoms with van der Waals surface area (Å²) in [6, 6.07) is 11.5. The highest BCUT2D eigenvalue weighted by Crippen LogP contribution is 2.31. The molecule has 0 saturated heterocycles. The van der Waals surface area contributed by atoms with Crippen LogP contribution < -0.4 is 10.1 Å². The quantitative estimate of drug-likeness (QED) is 0.908. The average molecular weight is 277 g/mol. The molecule has 0 aliphatic carbocycles. The molecular weight excluding hydrogens is 260 g/mol. The molecule has 4 heteroatoms. The SMILES string of the molecule is CCNC(c1ccccc1OC)c1ncccc1Cl. The van der Waals surface area contributed by atoms with Crippen molar-refractivity contribution in [3.63, 3.8) is 0 Å². The zero-order valence-corrected chi connectivity index (χ0v) is 11.8. The van der Waals surface area contributed by atoms with E-state index in [-0.39, 0.29) is 6.04 Å². The summed E-state index contributed by atoms with van der Waals surface area (Å²) in [4.78, 5) is 4.40. The first-order chi connectivity index (χ1) is 9.27. The lowest BCUT2D eigenvalue weighted by Gasteiger charge is -2.21. The highest BCUT2D eigenvalue weighted by atomic mass is 35.5. The summed E-state index contributed by atoms with van der Waals surface area (Å²) in [6.45, 7) is 2.87. The van der Waals surface area contributed by atoms with Gasteiger partial charge in [0.1, 0.15) is 5.75 Å². The van der Waals surface area contributed by atoms with Crippen LogP contribution in [-0.4, -0.2) is 18.6 Å². The summed E-state index contributed by atoms with van der Waals surface area (Å²) in [5, 5.41) is 4.06. The number of ether oxygens (including phenoxy) is 1. The molecule has 2 aromatic rings. The third-order valence-electron chi connectivity index (χ3n) is 2.92. The minimum absolute atomic E-state index is 0.0742. The maximum atomic E-state index is 6.26. The molecule has 0 aliphatic rings. The van der Waals surface area contributed by atoms with Gasteiger partial charge >= 0.3 is 0 Å². The molecular formula is C15H17ClN2O. The van der Waals surface area contributed by atoms with Gasteiger partial charge in [-0.25, -0.2) is 0 Å². The van der Waals surface area contributed by atoms with E-state index < -0.39 is 0 Å². The lowest BCUT2D eigenvalue weighted by Crippen LogP contribution is -2.23. The van der Waals surface area contributed by atoms with Crippen LogP contribution in [0.1, 0.15) is 24.2 Å². The molecule has 0 amide bonds. The van der Waals surface area contributed by atoms with Crippen molar-refractivity contribution in [2.75, 3.05) is 13.7 Å². The van der Waals surface area contributed by atoms with Crippen LogP contribution in [0.15, 0.2) is 42.6 Å². The van der Waals surface area contributed by atoms with E-state index >= 15 is 0 Å². The fourth-order valence-corrected chi connectivity index (χ4v) is 2.30. The van der Waals surface area contributed by atoms with Gasteiger partial charge < -0.3 is 10.1 Å². The van der Waals surface area contributed by atoms with Crippen molar-refractivity contribution < 1.29 is 4.74 Å². The minimum Gasteiger partial charge on any atom is -0.496 e. The second-order valence-corrected chi connectivity index (χ2v) is 4.51. The van der Waals surface area contributed by atoms with Crippen molar-refractivity contribution in [1.29, 1.82) is 0 Å². The van der Waals surface area contributed by atoms with Gasteiger partial charge in [-0.2, -0.15) is 0 Å². The van der Waals surface area contributed by atoms with Crippen molar-refractivity contribution in [3.05, 3.63) is 58.9 Å². The minimum atomic E-state index is -0.0742. The Labute approximate surface area is 118 Å². The number of methoxy groups -OCH3 is 1. The van der Waals surface area contributed by atoms with E-state index in [1.54, 1.807) is 13.3 Å². The number of nitrogens with zero attached hydrogens (tertiary/aromatic N) is 1. The summed E-state index contributed by atoms with van der Waals surface area (Å²) >= 11 is 6.26. The third-order valence-corrected chi connectivity index (χ3v) is 3.24. The second kappa shape index (κ2) is 6.55. The van der Waals surface area contributed by atoms with Crippen LogP contribution in [0, 0.1) is 0 Å². The Kier molecular flexibility index (Phi) is 4.77. The van der Waals surface area contributed by atoms with Gasteiger partial charge in [-0.15, -0.1) is 0 Å². The Morgan fingerprint density at radius 2 is 2.05 bits per heavy atom. The van der Waals surface area contributed by atoms with Crippen LogP contribution in [0.3, 0.4) is 0 Å². The smallest absolute Gasteiger partial charge is 0.124 e. The number of para-hydroxylation sites is 1. The summed E-state index contributed by atoms with van der Waals surface area (Å²) < 4.78 is 5.42. The van der Waals surface area contributed by atoms with Crippen molar-refractivity contribution in [2.45, 2.75) is 13.0 Å². The molecule has 3 nitrogen and oxygen atoms in total. The summed E-state index contributed by atoms with van der Waals surface area (Å²) in [7, 11) is 1.67. The van der Waals surface area contributed by atoms with Gasteiger partial charge in [0.2, 0.25) is 0 Å². The first-order valence-corrected chi connectivity index (χ1v) is 6.62. The maximum absolute atomic E-state index is 6.26. The number of aromatic nitrogens is 1. The molecule has 1 N–H and O–H groups in total. The molecule has 0 fully saturated rings. The van der Waals surface area contributed by atoms with Gasteiger partial charge in [0.15, 0.2) is 0 Å². The largest absolute Gasteiger partial charge is 0.496 e. The van der Waals surface area contributed by atoms with Crippen molar-refractivity contribution in [3.8, 4) is 5.75 Å². The lowest BCUT2D eigenvalue weighted by molar-refractivity contribution is 0.404. The van der Waals surface area contributed by atoms with Gasteiger partial charge in [0, 0.05) is 11.8 Å². The average Bonchev–Trinajstić information content (AvgIpc) is 2.46. The fourth-order valence-electron chi connectivity index (χ4n) is 2.07. The van der Waals surface area contributed by atoms with Crippen LogP contribution >= 0.6 is 11.6 Å². The Hall–Kier alpha value is -1.58. The number of benzene rings is 1. The molecule has 0 radical (unpaired) electrons. The second-order valence-electron chi connectivity index (χ2n) is 4.10. The van der Waals surface area contributed by atoms with E-state index in [9.17, 15) is 0 Å². The predicted molar refractivity (Wildman–Crippen MR) is 77.8 cm³/mol. The first kappa shape index (κ1) is 13.8. The first-order valence-electron chi connectivity index (χ1n) is 6.24. The Morgan fingerprint density at radius 3 is 2.74 bits per heavy atom. The standard InChI is InChI=1S/C15H17ClN2O/c1-3-17-14(15-12(16)8-6-10-18-15)11-7-4-5-9-13(11)19-2/h4-10,14,17H,3H2,1-2H3. The fraction of sp³-hybridized carbons (Fsp3) is 0.267. The molecule has 0 aliphatic heterocycles. The Balaban J connectivity index is 2.49. The van der Waals surface area contributed by atoms with E-state index in [2.05, 4.69) is 17.2 Å². The Bertz CT molecular complexity index is 545. The topological polar surface area (TPSA) is 34.1 Å². The van der Waals surface area contributed by atoms with E-state index in [0.717, 1.165) is 23.6 Å². The molecule has 1 heterocycles. The maximum Gasteiger partial charge on any atom is 0.124 e. The number of halogens is 1. The molecule has 0 saturated carbocycles. The molecule has 1 aromatic heterocycles. The number of pyridine rings is 1. The summed E-state index contributed by atoms with van der Waals surface area (Å²) in [5.41, 5.74) is 1.85. The number of hydrogen-bond donors (Lipinski definition) is 1. The van der Waals surface area contributed by atoms with Crippen molar-refractivity contribution >= 4 is 11.6 Å². The predicted octanol–water partition coefficient (Wildman–Crippen LogP) is 3.44. The van der Waals surface area contributed by atoms with Gasteiger partial charge in [-0.3, -0.25) is 4.98 Å². The zero-order valence-electron chi connectivity index (χ0n) is 11.1. The van der Waals surface area contributed by atoms with Gasteiger partial charge in [0.25, 0.3) is 0 Å². The van der Waals surface area contributed by atoms with Gasteiger partial charge in [-0.05, 0) is 24.7 Å². The third kappa shape index (κ3) is 3.06. The molecule has 1 atom stereocenters. The monoisotopic (exact) mass is 276 g/mol. The van der Waals surface area contributed by atoms with Crippen LogP contribution in [-0.2, 0) is 0 Å². The van der Waals surface area contributed by atoms with Crippen LogP contribution in [0.2, 0.25) is 5.02 Å². The van der Waals surface area contributed by atoms with Crippen molar-refractivity contribution in [2.24, 2.45) is 0 Å². The van der Waals surface area contributed by atoms with Gasteiger partial charge in [-0.1, -0.05) is 36.7 Å². The van der Waals surface area contributed by atoms with Crippen LogP contribution in [0.25, 0.3) is 0 Å². The lowest BCUT2D eigenvalue weighted by atomic mass is 10.0. The van der Waals surface area contributed by atoms with Crippen LogP contribution in [0.5, 0.6) is 5.75 Å². The molecule has 1 unspecified atom stereocenters. The van der Waals surface area contributed by atoms with E-state index in [1.165, 1.54) is 0 Å². The molecule has 19 heavy (non-hydrogen) atoms.